The van der Waals surface area contributed by atoms with Crippen molar-refractivity contribution >= 4 is 11.6 Å². The van der Waals surface area contributed by atoms with Crippen molar-refractivity contribution in [2.45, 2.75) is 50.2 Å². The maximum Gasteiger partial charge on any atom is 0.137 e. The van der Waals surface area contributed by atoms with Crippen molar-refractivity contribution in [2.75, 3.05) is 13.7 Å². The van der Waals surface area contributed by atoms with Gasteiger partial charge in [0.05, 0.1) is 23.8 Å². The first-order chi connectivity index (χ1) is 10.1. The van der Waals surface area contributed by atoms with Crippen molar-refractivity contribution in [3.05, 3.63) is 28.8 Å². The first-order valence-corrected chi connectivity index (χ1v) is 8.17. The van der Waals surface area contributed by atoms with Gasteiger partial charge in [-0.25, -0.2) is 0 Å². The number of hydrogen-bond acceptors (Lipinski definition) is 3. The smallest absolute Gasteiger partial charge is 0.137 e. The monoisotopic (exact) mass is 310 g/mol. The quantitative estimate of drug-likeness (QED) is 0.912. The summed E-state index contributed by atoms with van der Waals surface area (Å²) in [5.74, 6) is 0.896. The normalized spacial score (nSPS) is 26.0. The Morgan fingerprint density at radius 1 is 1.38 bits per heavy atom. The predicted octanol–water partition coefficient (Wildman–Crippen LogP) is 4.12. The van der Waals surface area contributed by atoms with Crippen molar-refractivity contribution in [1.82, 2.24) is 0 Å². The number of aliphatic hydroxyl groups is 1. The van der Waals surface area contributed by atoms with E-state index in [1.807, 2.05) is 18.2 Å². The second kappa shape index (κ2) is 6.15. The van der Waals surface area contributed by atoms with E-state index in [1.54, 1.807) is 7.11 Å². The summed E-state index contributed by atoms with van der Waals surface area (Å²) in [5, 5.41) is 11.3. The molecule has 0 amide bonds. The van der Waals surface area contributed by atoms with Crippen LogP contribution in [0.25, 0.3) is 0 Å². The zero-order valence-electron chi connectivity index (χ0n) is 12.5. The third kappa shape index (κ3) is 3.05. The fourth-order valence-electron chi connectivity index (χ4n) is 3.84. The predicted molar refractivity (Wildman–Crippen MR) is 82.8 cm³/mol. The van der Waals surface area contributed by atoms with E-state index < -0.39 is 6.10 Å². The van der Waals surface area contributed by atoms with Crippen LogP contribution in [-0.2, 0) is 4.74 Å². The molecular weight excluding hydrogens is 288 g/mol. The number of hydrogen-bond donors (Lipinski definition) is 1. The minimum atomic E-state index is -0.477. The molecule has 0 bridgehead atoms. The van der Waals surface area contributed by atoms with Gasteiger partial charge in [0.1, 0.15) is 5.75 Å². The number of rotatable bonds is 3. The van der Waals surface area contributed by atoms with Gasteiger partial charge in [0.2, 0.25) is 0 Å². The zero-order chi connectivity index (χ0) is 14.9. The average molecular weight is 311 g/mol. The van der Waals surface area contributed by atoms with Gasteiger partial charge >= 0.3 is 0 Å². The van der Waals surface area contributed by atoms with Crippen molar-refractivity contribution < 1.29 is 14.6 Å². The van der Waals surface area contributed by atoms with Crippen molar-refractivity contribution in [3.8, 4) is 5.75 Å². The van der Waals surface area contributed by atoms with E-state index in [-0.39, 0.29) is 11.5 Å². The molecule has 2 fully saturated rings. The second-order valence-electron chi connectivity index (χ2n) is 6.33. The first kappa shape index (κ1) is 15.1. The highest BCUT2D eigenvalue weighted by molar-refractivity contribution is 6.32. The Labute approximate surface area is 131 Å². The van der Waals surface area contributed by atoms with Gasteiger partial charge in [-0.3, -0.25) is 0 Å². The third-order valence-electron chi connectivity index (χ3n) is 5.01. The van der Waals surface area contributed by atoms with Crippen LogP contribution in [0.5, 0.6) is 5.75 Å². The van der Waals surface area contributed by atoms with Crippen LogP contribution >= 0.6 is 11.6 Å². The van der Waals surface area contributed by atoms with Crippen molar-refractivity contribution in [3.63, 3.8) is 0 Å². The summed E-state index contributed by atoms with van der Waals surface area (Å²) in [6.45, 7) is 0.756. The molecule has 0 radical (unpaired) electrons. The van der Waals surface area contributed by atoms with Crippen LogP contribution in [0.4, 0.5) is 0 Å². The van der Waals surface area contributed by atoms with E-state index in [0.29, 0.717) is 10.8 Å². The van der Waals surface area contributed by atoms with Gasteiger partial charge in [0.15, 0.2) is 0 Å². The lowest BCUT2D eigenvalue weighted by molar-refractivity contribution is -0.113. The van der Waals surface area contributed by atoms with Crippen molar-refractivity contribution in [2.24, 2.45) is 5.92 Å². The van der Waals surface area contributed by atoms with E-state index >= 15 is 0 Å². The van der Waals surface area contributed by atoms with E-state index in [4.69, 9.17) is 21.1 Å². The summed E-state index contributed by atoms with van der Waals surface area (Å²) in [7, 11) is 1.60. The molecule has 1 aliphatic heterocycles. The van der Waals surface area contributed by atoms with Gasteiger partial charge in [-0.2, -0.15) is 0 Å². The van der Waals surface area contributed by atoms with Crippen LogP contribution in [-0.4, -0.2) is 24.4 Å². The number of halogens is 1. The molecule has 21 heavy (non-hydrogen) atoms. The summed E-state index contributed by atoms with van der Waals surface area (Å²) >= 11 is 6.17. The Morgan fingerprint density at radius 3 is 2.81 bits per heavy atom. The summed E-state index contributed by atoms with van der Waals surface area (Å²) in [5.41, 5.74) is 0.904. The SMILES string of the molecule is COc1ccc(C(O)C2CCOC3(CCCC3)C2)cc1Cl. The van der Waals surface area contributed by atoms with Crippen LogP contribution in [0.15, 0.2) is 18.2 Å². The van der Waals surface area contributed by atoms with E-state index in [9.17, 15) is 5.11 Å². The van der Waals surface area contributed by atoms with E-state index in [1.165, 1.54) is 12.8 Å². The molecule has 4 heteroatoms. The molecule has 1 saturated carbocycles. The molecule has 1 aliphatic carbocycles. The fraction of sp³-hybridized carbons (Fsp3) is 0.647. The fourth-order valence-corrected chi connectivity index (χ4v) is 4.11. The number of ether oxygens (including phenoxy) is 2. The highest BCUT2D eigenvalue weighted by Gasteiger charge is 2.42. The lowest BCUT2D eigenvalue weighted by Gasteiger charge is -2.40. The molecule has 1 heterocycles. The van der Waals surface area contributed by atoms with E-state index in [2.05, 4.69) is 0 Å². The largest absolute Gasteiger partial charge is 0.495 e. The van der Waals surface area contributed by atoms with Crippen LogP contribution < -0.4 is 4.74 Å². The molecular formula is C17H23ClO3. The topological polar surface area (TPSA) is 38.7 Å². The number of aliphatic hydroxyl groups excluding tert-OH is 1. The van der Waals surface area contributed by atoms with Gasteiger partial charge in [-0.05, 0) is 49.3 Å². The van der Waals surface area contributed by atoms with Gasteiger partial charge in [0, 0.05) is 6.61 Å². The molecule has 1 N–H and O–H groups in total. The van der Waals surface area contributed by atoms with Crippen LogP contribution in [0, 0.1) is 5.92 Å². The molecule has 1 aromatic carbocycles. The number of benzene rings is 1. The van der Waals surface area contributed by atoms with Crippen molar-refractivity contribution in [1.29, 1.82) is 0 Å². The average Bonchev–Trinajstić information content (AvgIpc) is 2.94. The van der Waals surface area contributed by atoms with E-state index in [0.717, 1.165) is 37.9 Å². The Hall–Kier alpha value is -0.770. The van der Waals surface area contributed by atoms with Gasteiger partial charge < -0.3 is 14.6 Å². The van der Waals surface area contributed by atoms with Gasteiger partial charge in [0.25, 0.3) is 0 Å². The lowest BCUT2D eigenvalue weighted by Crippen LogP contribution is -2.39. The summed E-state index contributed by atoms with van der Waals surface area (Å²) in [6, 6.07) is 5.56. The maximum atomic E-state index is 10.7. The summed E-state index contributed by atoms with van der Waals surface area (Å²) < 4.78 is 11.2. The van der Waals surface area contributed by atoms with Crippen LogP contribution in [0.3, 0.4) is 0 Å². The minimum absolute atomic E-state index is 0.0279. The summed E-state index contributed by atoms with van der Waals surface area (Å²) in [4.78, 5) is 0. The molecule has 0 aromatic heterocycles. The standard InChI is InChI=1S/C17H23ClO3/c1-20-15-5-4-12(10-14(15)18)16(19)13-6-9-21-17(11-13)7-2-3-8-17/h4-5,10,13,16,19H,2-3,6-9,11H2,1H3. The Kier molecular flexibility index (Phi) is 4.43. The van der Waals surface area contributed by atoms with Gasteiger partial charge in [-0.15, -0.1) is 0 Å². The minimum Gasteiger partial charge on any atom is -0.495 e. The highest BCUT2D eigenvalue weighted by atomic mass is 35.5. The molecule has 2 aliphatic rings. The maximum absolute atomic E-state index is 10.7. The van der Waals surface area contributed by atoms with Crippen LogP contribution in [0.1, 0.15) is 50.2 Å². The molecule has 1 saturated heterocycles. The van der Waals surface area contributed by atoms with Gasteiger partial charge in [-0.1, -0.05) is 30.5 Å². The molecule has 2 unspecified atom stereocenters. The molecule has 3 rings (SSSR count). The lowest BCUT2D eigenvalue weighted by atomic mass is 9.80. The molecule has 2 atom stereocenters. The molecule has 1 spiro atoms. The summed E-state index contributed by atoms with van der Waals surface area (Å²) in [6.07, 6.45) is 6.16. The van der Waals surface area contributed by atoms with Crippen LogP contribution in [0.2, 0.25) is 5.02 Å². The molecule has 3 nitrogen and oxygen atoms in total. The Balaban J connectivity index is 1.75. The Bertz CT molecular complexity index is 497. The second-order valence-corrected chi connectivity index (χ2v) is 6.74. The molecule has 1 aromatic rings. The molecule has 116 valence electrons. The highest BCUT2D eigenvalue weighted by Crippen LogP contribution is 2.45. The zero-order valence-corrected chi connectivity index (χ0v) is 13.2. The Morgan fingerprint density at radius 2 is 2.14 bits per heavy atom. The first-order valence-electron chi connectivity index (χ1n) is 7.79. The number of methoxy groups -OCH3 is 1. The third-order valence-corrected chi connectivity index (χ3v) is 5.31.